The first-order valence-electron chi connectivity index (χ1n) is 6.70. The number of ether oxygens (including phenoxy) is 1. The molecule has 1 aromatic rings. The van der Waals surface area contributed by atoms with Crippen LogP contribution in [0.15, 0.2) is 24.3 Å². The normalized spacial score (nSPS) is 26.6. The molecule has 0 spiro atoms. The van der Waals surface area contributed by atoms with Crippen LogP contribution in [0, 0.1) is 5.92 Å². The van der Waals surface area contributed by atoms with Gasteiger partial charge in [0.1, 0.15) is 6.04 Å². The van der Waals surface area contributed by atoms with E-state index in [0.29, 0.717) is 16.7 Å². The summed E-state index contributed by atoms with van der Waals surface area (Å²) in [5.74, 6) is 0.0820. The molecule has 3 atom stereocenters. The average Bonchev–Trinajstić information content (AvgIpc) is 2.85. The van der Waals surface area contributed by atoms with Crippen LogP contribution in [0.4, 0.5) is 5.69 Å². The van der Waals surface area contributed by atoms with Crippen molar-refractivity contribution in [2.24, 2.45) is 5.92 Å². The zero-order chi connectivity index (χ0) is 14.3. The fraction of sp³-hybridized carbons (Fsp3) is 0.400. The molecule has 0 saturated carbocycles. The highest BCUT2D eigenvalue weighted by Gasteiger charge is 2.42. The second-order valence-corrected chi connectivity index (χ2v) is 5.92. The SMILES string of the molecule is CCOC(=O)C1Nc2cc(Cl)cc(Cl)c2C2C=CCC12. The maximum Gasteiger partial charge on any atom is 0.328 e. The van der Waals surface area contributed by atoms with Crippen LogP contribution in [0.3, 0.4) is 0 Å². The summed E-state index contributed by atoms with van der Waals surface area (Å²) in [5, 5.41) is 4.45. The van der Waals surface area contributed by atoms with E-state index in [-0.39, 0.29) is 23.8 Å². The number of esters is 1. The molecular formula is C15H15Cl2NO2. The first-order valence-corrected chi connectivity index (χ1v) is 7.46. The van der Waals surface area contributed by atoms with Crippen LogP contribution in [-0.2, 0) is 9.53 Å². The van der Waals surface area contributed by atoms with E-state index in [9.17, 15) is 4.79 Å². The molecule has 20 heavy (non-hydrogen) atoms. The second kappa shape index (κ2) is 5.30. The maximum atomic E-state index is 12.1. The van der Waals surface area contributed by atoms with Crippen LogP contribution in [0.1, 0.15) is 24.8 Å². The highest BCUT2D eigenvalue weighted by Crippen LogP contribution is 2.48. The molecule has 0 saturated heterocycles. The number of anilines is 1. The summed E-state index contributed by atoms with van der Waals surface area (Å²) >= 11 is 12.4. The third-order valence-electron chi connectivity index (χ3n) is 3.92. The summed E-state index contributed by atoms with van der Waals surface area (Å²) in [6, 6.07) is 3.21. The van der Waals surface area contributed by atoms with Gasteiger partial charge in [0.2, 0.25) is 0 Å². The molecular weight excluding hydrogens is 297 g/mol. The van der Waals surface area contributed by atoms with E-state index < -0.39 is 0 Å². The Hall–Kier alpha value is -1.19. The number of hydrogen-bond acceptors (Lipinski definition) is 3. The molecule has 0 aromatic heterocycles. The van der Waals surface area contributed by atoms with Crippen molar-refractivity contribution in [1.29, 1.82) is 0 Å². The summed E-state index contributed by atoms with van der Waals surface area (Å²) in [4.78, 5) is 12.1. The quantitative estimate of drug-likeness (QED) is 0.662. The molecule has 106 valence electrons. The summed E-state index contributed by atoms with van der Waals surface area (Å²) in [6.07, 6.45) is 5.07. The Morgan fingerprint density at radius 3 is 3.00 bits per heavy atom. The molecule has 0 amide bonds. The molecule has 2 aliphatic rings. The highest BCUT2D eigenvalue weighted by molar-refractivity contribution is 6.35. The Morgan fingerprint density at radius 2 is 2.25 bits per heavy atom. The van der Waals surface area contributed by atoms with Crippen molar-refractivity contribution in [3.8, 4) is 0 Å². The minimum atomic E-state index is -0.350. The average molecular weight is 312 g/mol. The third-order valence-corrected chi connectivity index (χ3v) is 4.45. The van der Waals surface area contributed by atoms with Gasteiger partial charge in [-0.2, -0.15) is 0 Å². The van der Waals surface area contributed by atoms with Gasteiger partial charge < -0.3 is 10.1 Å². The number of carbonyl (C=O) groups excluding carboxylic acids is 1. The molecule has 1 heterocycles. The lowest BCUT2D eigenvalue weighted by Crippen LogP contribution is -2.43. The monoisotopic (exact) mass is 311 g/mol. The molecule has 1 aromatic carbocycles. The van der Waals surface area contributed by atoms with Gasteiger partial charge in [-0.05, 0) is 25.5 Å². The predicted octanol–water partition coefficient (Wildman–Crippen LogP) is 4.01. The van der Waals surface area contributed by atoms with E-state index in [1.54, 1.807) is 6.07 Å². The number of halogens is 2. The lowest BCUT2D eigenvalue weighted by atomic mass is 9.79. The van der Waals surface area contributed by atoms with Crippen LogP contribution < -0.4 is 5.32 Å². The minimum Gasteiger partial charge on any atom is -0.464 e. The van der Waals surface area contributed by atoms with E-state index in [1.807, 2.05) is 13.0 Å². The molecule has 0 radical (unpaired) electrons. The lowest BCUT2D eigenvalue weighted by molar-refractivity contribution is -0.145. The van der Waals surface area contributed by atoms with Gasteiger partial charge in [-0.3, -0.25) is 0 Å². The number of nitrogens with one attached hydrogen (secondary N) is 1. The van der Waals surface area contributed by atoms with Gasteiger partial charge in [-0.15, -0.1) is 0 Å². The Kier molecular flexibility index (Phi) is 3.65. The first-order chi connectivity index (χ1) is 9.61. The molecule has 3 unspecified atom stereocenters. The number of benzene rings is 1. The summed E-state index contributed by atoms with van der Waals surface area (Å²) in [5.41, 5.74) is 1.85. The number of allylic oxidation sites excluding steroid dienone is 2. The van der Waals surface area contributed by atoms with Crippen molar-refractivity contribution in [1.82, 2.24) is 0 Å². The molecule has 1 aliphatic heterocycles. The first kappa shape index (κ1) is 13.8. The third kappa shape index (κ3) is 2.19. The summed E-state index contributed by atoms with van der Waals surface area (Å²) in [6.45, 7) is 2.19. The number of carbonyl (C=O) groups is 1. The zero-order valence-corrected chi connectivity index (χ0v) is 12.5. The number of fused-ring (bicyclic) bond motifs is 3. The van der Waals surface area contributed by atoms with Gasteiger partial charge in [-0.25, -0.2) is 4.79 Å². The topological polar surface area (TPSA) is 38.3 Å². The maximum absolute atomic E-state index is 12.1. The summed E-state index contributed by atoms with van der Waals surface area (Å²) < 4.78 is 5.17. The van der Waals surface area contributed by atoms with Crippen LogP contribution in [-0.4, -0.2) is 18.6 Å². The lowest BCUT2D eigenvalue weighted by Gasteiger charge is -2.36. The largest absolute Gasteiger partial charge is 0.464 e. The zero-order valence-electron chi connectivity index (χ0n) is 11.0. The fourth-order valence-corrected chi connectivity index (χ4v) is 3.73. The van der Waals surface area contributed by atoms with Gasteiger partial charge in [0.15, 0.2) is 0 Å². The molecule has 0 bridgehead atoms. The Morgan fingerprint density at radius 1 is 1.45 bits per heavy atom. The smallest absolute Gasteiger partial charge is 0.328 e. The molecule has 1 aliphatic carbocycles. The Labute approximate surface area is 127 Å². The van der Waals surface area contributed by atoms with Crippen molar-refractivity contribution in [2.45, 2.75) is 25.3 Å². The van der Waals surface area contributed by atoms with E-state index in [2.05, 4.69) is 17.5 Å². The highest BCUT2D eigenvalue weighted by atomic mass is 35.5. The van der Waals surface area contributed by atoms with Gasteiger partial charge in [0.25, 0.3) is 0 Å². The predicted molar refractivity (Wildman–Crippen MR) is 80.5 cm³/mol. The van der Waals surface area contributed by atoms with E-state index in [0.717, 1.165) is 17.7 Å². The van der Waals surface area contributed by atoms with Gasteiger partial charge in [0, 0.05) is 33.1 Å². The van der Waals surface area contributed by atoms with Crippen molar-refractivity contribution in [3.05, 3.63) is 39.9 Å². The fourth-order valence-electron chi connectivity index (χ4n) is 3.11. The van der Waals surface area contributed by atoms with Crippen LogP contribution in [0.25, 0.3) is 0 Å². The van der Waals surface area contributed by atoms with Gasteiger partial charge >= 0.3 is 5.97 Å². The molecule has 3 rings (SSSR count). The molecule has 0 fully saturated rings. The molecule has 1 N–H and O–H groups in total. The number of rotatable bonds is 2. The van der Waals surface area contributed by atoms with Crippen LogP contribution >= 0.6 is 23.2 Å². The van der Waals surface area contributed by atoms with E-state index in [4.69, 9.17) is 27.9 Å². The Balaban J connectivity index is 2.03. The minimum absolute atomic E-state index is 0.144. The van der Waals surface area contributed by atoms with Crippen molar-refractivity contribution in [3.63, 3.8) is 0 Å². The van der Waals surface area contributed by atoms with Gasteiger partial charge in [0.05, 0.1) is 6.61 Å². The van der Waals surface area contributed by atoms with E-state index in [1.165, 1.54) is 0 Å². The summed E-state index contributed by atoms with van der Waals surface area (Å²) in [7, 11) is 0. The molecule has 5 heteroatoms. The Bertz CT molecular complexity index is 585. The van der Waals surface area contributed by atoms with Crippen LogP contribution in [0.2, 0.25) is 10.0 Å². The van der Waals surface area contributed by atoms with Gasteiger partial charge in [-0.1, -0.05) is 35.4 Å². The van der Waals surface area contributed by atoms with Crippen molar-refractivity contribution < 1.29 is 9.53 Å². The van der Waals surface area contributed by atoms with Crippen molar-refractivity contribution >= 4 is 34.9 Å². The van der Waals surface area contributed by atoms with Crippen LogP contribution in [0.5, 0.6) is 0 Å². The molecule has 3 nitrogen and oxygen atoms in total. The van der Waals surface area contributed by atoms with Crippen molar-refractivity contribution in [2.75, 3.05) is 11.9 Å². The standard InChI is InChI=1S/C15H15Cl2NO2/c1-2-20-15(19)14-10-5-3-4-9(10)13-11(17)6-8(16)7-12(13)18-14/h3-4,6-7,9-10,14,18H,2,5H2,1H3. The second-order valence-electron chi connectivity index (χ2n) is 5.08. The number of hydrogen-bond donors (Lipinski definition) is 1. The van der Waals surface area contributed by atoms with E-state index >= 15 is 0 Å².